The molecular weight excluding hydrogens is 272 g/mol. The molecular formula is C15H16N2O2S. The number of nitrogens with zero attached hydrogens (tertiary/aromatic N) is 2. The van der Waals surface area contributed by atoms with E-state index < -0.39 is 0 Å². The second-order valence-corrected chi connectivity index (χ2v) is 6.85. The van der Waals surface area contributed by atoms with Crippen molar-refractivity contribution < 1.29 is 4.79 Å². The maximum atomic E-state index is 12.8. The number of thiophene rings is 1. The van der Waals surface area contributed by atoms with Crippen molar-refractivity contribution in [2.24, 2.45) is 5.92 Å². The molecule has 0 radical (unpaired) electrons. The van der Waals surface area contributed by atoms with Crippen LogP contribution in [0.1, 0.15) is 47.2 Å². The van der Waals surface area contributed by atoms with E-state index in [0.717, 1.165) is 53.3 Å². The lowest BCUT2D eigenvalue weighted by atomic mass is 10.1. The molecule has 0 fully saturated rings. The van der Waals surface area contributed by atoms with Crippen LogP contribution in [-0.4, -0.2) is 15.3 Å². The van der Waals surface area contributed by atoms with Crippen LogP contribution in [0.2, 0.25) is 0 Å². The highest BCUT2D eigenvalue weighted by Crippen LogP contribution is 2.37. The molecule has 20 heavy (non-hydrogen) atoms. The molecule has 104 valence electrons. The largest absolute Gasteiger partial charge is 0.296 e. The second kappa shape index (κ2) is 4.25. The number of carbonyl (C=O) groups excluding carboxylic acids is 1. The minimum absolute atomic E-state index is 0.0175. The van der Waals surface area contributed by atoms with Crippen molar-refractivity contribution in [3.63, 3.8) is 0 Å². The van der Waals surface area contributed by atoms with E-state index >= 15 is 0 Å². The van der Waals surface area contributed by atoms with Crippen molar-refractivity contribution in [1.29, 1.82) is 0 Å². The smallest absolute Gasteiger partial charge is 0.262 e. The summed E-state index contributed by atoms with van der Waals surface area (Å²) in [7, 11) is 0. The minimum Gasteiger partial charge on any atom is -0.296 e. The van der Waals surface area contributed by atoms with Gasteiger partial charge >= 0.3 is 0 Å². The van der Waals surface area contributed by atoms with E-state index in [9.17, 15) is 9.59 Å². The lowest BCUT2D eigenvalue weighted by Gasteiger charge is -2.08. The van der Waals surface area contributed by atoms with E-state index in [1.807, 2.05) is 11.5 Å². The standard InChI is InChI=1S/C15H16N2O2S/c1-8-7-9-11-14(20-13(9)12(8)18)16-10-5-3-2-4-6-17(10)15(11)19/h8H,2-7H2,1H3. The van der Waals surface area contributed by atoms with E-state index in [1.165, 1.54) is 11.3 Å². The average Bonchev–Trinajstić information content (AvgIpc) is 2.78. The van der Waals surface area contributed by atoms with Crippen LogP contribution in [-0.2, 0) is 19.4 Å². The van der Waals surface area contributed by atoms with Crippen LogP contribution in [0.15, 0.2) is 4.79 Å². The summed E-state index contributed by atoms with van der Waals surface area (Å²) < 4.78 is 1.84. The van der Waals surface area contributed by atoms with Gasteiger partial charge in [0.25, 0.3) is 5.56 Å². The molecule has 0 bridgehead atoms. The zero-order chi connectivity index (χ0) is 13.9. The lowest BCUT2D eigenvalue weighted by Crippen LogP contribution is -2.24. The monoisotopic (exact) mass is 288 g/mol. The first-order valence-electron chi connectivity index (χ1n) is 7.26. The summed E-state index contributed by atoms with van der Waals surface area (Å²) in [4.78, 5) is 31.1. The molecule has 0 aromatic carbocycles. The number of aryl methyl sites for hydroxylation is 1. The molecule has 0 N–H and O–H groups in total. The van der Waals surface area contributed by atoms with Crippen LogP contribution in [0, 0.1) is 5.92 Å². The summed E-state index contributed by atoms with van der Waals surface area (Å²) in [5, 5.41) is 0.716. The van der Waals surface area contributed by atoms with Crippen LogP contribution in [0.3, 0.4) is 0 Å². The number of fused-ring (bicyclic) bond motifs is 4. The predicted molar refractivity (Wildman–Crippen MR) is 78.6 cm³/mol. The topological polar surface area (TPSA) is 52.0 Å². The normalized spacial score (nSPS) is 21.9. The van der Waals surface area contributed by atoms with Crippen molar-refractivity contribution in [2.45, 2.75) is 45.6 Å². The summed E-state index contributed by atoms with van der Waals surface area (Å²) in [6.07, 6.45) is 4.87. The Hall–Kier alpha value is -1.49. The molecule has 4 nitrogen and oxygen atoms in total. The quantitative estimate of drug-likeness (QED) is 0.748. The third-order valence-electron chi connectivity index (χ3n) is 4.45. The van der Waals surface area contributed by atoms with Gasteiger partial charge in [-0.25, -0.2) is 4.98 Å². The van der Waals surface area contributed by atoms with Crippen molar-refractivity contribution >= 4 is 27.3 Å². The van der Waals surface area contributed by atoms with E-state index in [-0.39, 0.29) is 17.3 Å². The zero-order valence-corrected chi connectivity index (χ0v) is 12.3. The number of rotatable bonds is 0. The molecule has 1 unspecified atom stereocenters. The number of ketones is 1. The molecule has 2 aromatic heterocycles. The van der Waals surface area contributed by atoms with Crippen molar-refractivity contribution in [1.82, 2.24) is 9.55 Å². The first-order chi connectivity index (χ1) is 9.66. The average molecular weight is 288 g/mol. The Labute approximate surface area is 120 Å². The lowest BCUT2D eigenvalue weighted by molar-refractivity contribution is 0.0949. The van der Waals surface area contributed by atoms with Gasteiger partial charge in [0, 0.05) is 18.9 Å². The Morgan fingerprint density at radius 1 is 1.25 bits per heavy atom. The first kappa shape index (κ1) is 12.3. The Bertz CT molecular complexity index is 787. The molecule has 1 aliphatic carbocycles. The van der Waals surface area contributed by atoms with Gasteiger partial charge in [-0.05, 0) is 24.8 Å². The molecule has 0 amide bonds. The number of aromatic nitrogens is 2. The van der Waals surface area contributed by atoms with Crippen molar-refractivity contribution in [3.05, 3.63) is 26.6 Å². The van der Waals surface area contributed by atoms with Crippen LogP contribution < -0.4 is 5.56 Å². The fraction of sp³-hybridized carbons (Fsp3) is 0.533. The number of carbonyl (C=O) groups is 1. The molecule has 4 rings (SSSR count). The second-order valence-electron chi connectivity index (χ2n) is 5.85. The highest BCUT2D eigenvalue weighted by molar-refractivity contribution is 7.20. The number of hydrogen-bond donors (Lipinski definition) is 0. The van der Waals surface area contributed by atoms with E-state index in [2.05, 4.69) is 4.98 Å². The highest BCUT2D eigenvalue weighted by atomic mass is 32.1. The maximum absolute atomic E-state index is 12.8. The summed E-state index contributed by atoms with van der Waals surface area (Å²) in [6, 6.07) is 0. The Kier molecular flexibility index (Phi) is 2.61. The van der Waals surface area contributed by atoms with Crippen LogP contribution in [0.25, 0.3) is 10.2 Å². The van der Waals surface area contributed by atoms with E-state index in [1.54, 1.807) is 0 Å². The summed E-state index contributed by atoms with van der Waals surface area (Å²) in [5.41, 5.74) is 1.03. The fourth-order valence-corrected chi connectivity index (χ4v) is 4.62. The Morgan fingerprint density at radius 3 is 2.95 bits per heavy atom. The number of Topliss-reactive ketones (excluding diaryl/α,β-unsaturated/α-hetero) is 1. The third-order valence-corrected chi connectivity index (χ3v) is 5.59. The molecule has 5 heteroatoms. The van der Waals surface area contributed by atoms with Gasteiger partial charge in [0.2, 0.25) is 0 Å². The highest BCUT2D eigenvalue weighted by Gasteiger charge is 2.33. The van der Waals surface area contributed by atoms with Crippen LogP contribution >= 0.6 is 11.3 Å². The molecule has 0 saturated carbocycles. The van der Waals surface area contributed by atoms with Gasteiger partial charge in [-0.3, -0.25) is 14.2 Å². The minimum atomic E-state index is 0.0175. The SMILES string of the molecule is CC1Cc2c(sc3nc4n(c(=O)c23)CCCCC4)C1=O. The summed E-state index contributed by atoms with van der Waals surface area (Å²) >= 11 is 1.42. The van der Waals surface area contributed by atoms with Gasteiger partial charge in [-0.1, -0.05) is 13.3 Å². The van der Waals surface area contributed by atoms with Gasteiger partial charge in [0.15, 0.2) is 5.78 Å². The van der Waals surface area contributed by atoms with E-state index in [0.29, 0.717) is 11.8 Å². The Morgan fingerprint density at radius 2 is 2.10 bits per heavy atom. The van der Waals surface area contributed by atoms with Crippen molar-refractivity contribution in [3.8, 4) is 0 Å². The fourth-order valence-electron chi connectivity index (χ4n) is 3.35. The molecule has 1 aliphatic heterocycles. The zero-order valence-electron chi connectivity index (χ0n) is 11.4. The molecule has 0 spiro atoms. The summed E-state index contributed by atoms with van der Waals surface area (Å²) in [5.74, 6) is 1.10. The van der Waals surface area contributed by atoms with Gasteiger partial charge in [0.1, 0.15) is 10.7 Å². The molecule has 2 aliphatic rings. The van der Waals surface area contributed by atoms with Gasteiger partial charge in [0.05, 0.1) is 10.3 Å². The Balaban J connectivity index is 2.03. The first-order valence-corrected chi connectivity index (χ1v) is 8.08. The van der Waals surface area contributed by atoms with Crippen molar-refractivity contribution in [2.75, 3.05) is 0 Å². The number of hydrogen-bond acceptors (Lipinski definition) is 4. The third kappa shape index (κ3) is 1.56. The van der Waals surface area contributed by atoms with Gasteiger partial charge < -0.3 is 0 Å². The van der Waals surface area contributed by atoms with E-state index in [4.69, 9.17) is 0 Å². The van der Waals surface area contributed by atoms with Crippen LogP contribution in [0.4, 0.5) is 0 Å². The molecule has 1 atom stereocenters. The van der Waals surface area contributed by atoms with Gasteiger partial charge in [-0.2, -0.15) is 0 Å². The summed E-state index contributed by atoms with van der Waals surface area (Å²) in [6.45, 7) is 2.71. The van der Waals surface area contributed by atoms with Gasteiger partial charge in [-0.15, -0.1) is 11.3 Å². The molecule has 3 heterocycles. The van der Waals surface area contributed by atoms with Crippen LogP contribution in [0.5, 0.6) is 0 Å². The molecule has 0 saturated heterocycles. The predicted octanol–water partition coefficient (Wildman–Crippen LogP) is 2.56. The molecule has 2 aromatic rings. The maximum Gasteiger partial charge on any atom is 0.262 e.